The predicted molar refractivity (Wildman–Crippen MR) is 70.5 cm³/mol. The average molecular weight is 235 g/mol. The van der Waals surface area contributed by atoms with Gasteiger partial charge in [0.1, 0.15) is 0 Å². The summed E-state index contributed by atoms with van der Waals surface area (Å²) in [7, 11) is 0. The molecule has 0 amide bonds. The number of rotatable bonds is 4. The van der Waals surface area contributed by atoms with E-state index < -0.39 is 0 Å². The Morgan fingerprint density at radius 3 is 2.41 bits per heavy atom. The summed E-state index contributed by atoms with van der Waals surface area (Å²) in [6.07, 6.45) is 2.96. The van der Waals surface area contributed by atoms with Gasteiger partial charge in [0, 0.05) is 12.7 Å². The molecule has 96 valence electrons. The van der Waals surface area contributed by atoms with Gasteiger partial charge < -0.3 is 5.73 Å². The van der Waals surface area contributed by atoms with Crippen LogP contribution in [-0.4, -0.2) is 9.78 Å². The normalized spacial score (nSPS) is 23.6. The molecule has 0 aromatic carbocycles. The van der Waals surface area contributed by atoms with E-state index in [-0.39, 0.29) is 6.04 Å². The van der Waals surface area contributed by atoms with Gasteiger partial charge in [0.2, 0.25) is 0 Å². The molecule has 1 aliphatic carbocycles. The van der Waals surface area contributed by atoms with Crippen molar-refractivity contribution in [3.05, 3.63) is 18.0 Å². The van der Waals surface area contributed by atoms with Gasteiger partial charge in [-0.25, -0.2) is 0 Å². The fourth-order valence-electron chi connectivity index (χ4n) is 3.34. The third kappa shape index (κ3) is 1.71. The molecule has 1 aromatic heterocycles. The summed E-state index contributed by atoms with van der Waals surface area (Å²) in [6, 6.07) is 2.18. The van der Waals surface area contributed by atoms with Crippen LogP contribution in [0, 0.1) is 16.7 Å². The van der Waals surface area contributed by atoms with Crippen LogP contribution in [0.5, 0.6) is 0 Å². The average Bonchev–Trinajstić information content (AvgIpc) is 2.58. The largest absolute Gasteiger partial charge is 0.322 e. The zero-order chi connectivity index (χ0) is 12.8. The van der Waals surface area contributed by atoms with E-state index >= 15 is 0 Å². The number of aromatic nitrogens is 2. The highest BCUT2D eigenvalue weighted by atomic mass is 15.3. The molecule has 2 rings (SSSR count). The van der Waals surface area contributed by atoms with E-state index in [1.807, 2.05) is 6.20 Å². The van der Waals surface area contributed by atoms with Crippen LogP contribution >= 0.6 is 0 Å². The Kier molecular flexibility index (Phi) is 2.85. The minimum absolute atomic E-state index is 0.106. The van der Waals surface area contributed by atoms with Crippen molar-refractivity contribution in [3.8, 4) is 0 Å². The van der Waals surface area contributed by atoms with Crippen LogP contribution in [0.4, 0.5) is 0 Å². The van der Waals surface area contributed by atoms with E-state index in [1.54, 1.807) is 0 Å². The molecule has 1 unspecified atom stereocenters. The lowest BCUT2D eigenvalue weighted by Crippen LogP contribution is -2.21. The Morgan fingerprint density at radius 2 is 1.94 bits per heavy atom. The molecule has 1 aliphatic rings. The molecule has 0 bridgehead atoms. The second kappa shape index (κ2) is 3.84. The first kappa shape index (κ1) is 12.6. The minimum atomic E-state index is 0.106. The molecule has 3 heteroatoms. The van der Waals surface area contributed by atoms with Gasteiger partial charge in [-0.05, 0) is 29.2 Å². The van der Waals surface area contributed by atoms with Gasteiger partial charge in [-0.2, -0.15) is 5.10 Å². The smallest absolute Gasteiger partial charge is 0.0554 e. The lowest BCUT2D eigenvalue weighted by molar-refractivity contribution is 0.453. The number of nitrogens with zero attached hydrogens (tertiary/aromatic N) is 2. The molecule has 0 radical (unpaired) electrons. The Bertz CT molecular complexity index is 389. The van der Waals surface area contributed by atoms with Gasteiger partial charge in [-0.15, -0.1) is 0 Å². The maximum Gasteiger partial charge on any atom is 0.0554 e. The third-order valence-electron chi connectivity index (χ3n) is 5.02. The van der Waals surface area contributed by atoms with Crippen LogP contribution in [0.25, 0.3) is 0 Å². The molecule has 0 saturated heterocycles. The standard InChI is InChI=1S/C14H25N3/c1-6-9-17-10(7-8-16-17)11(15)12-13(2,3)14(12,4)5/h7-8,11-12H,6,9,15H2,1-5H3. The van der Waals surface area contributed by atoms with Crippen LogP contribution in [0.2, 0.25) is 0 Å². The van der Waals surface area contributed by atoms with Crippen molar-refractivity contribution in [1.29, 1.82) is 0 Å². The maximum atomic E-state index is 6.47. The molecular formula is C14H25N3. The monoisotopic (exact) mass is 235 g/mol. The van der Waals surface area contributed by atoms with Crippen molar-refractivity contribution in [3.63, 3.8) is 0 Å². The van der Waals surface area contributed by atoms with Crippen LogP contribution in [-0.2, 0) is 6.54 Å². The maximum absolute atomic E-state index is 6.47. The molecule has 17 heavy (non-hydrogen) atoms. The Hall–Kier alpha value is -0.830. The summed E-state index contributed by atoms with van der Waals surface area (Å²) < 4.78 is 2.06. The lowest BCUT2D eigenvalue weighted by atomic mass is 10.0. The topological polar surface area (TPSA) is 43.8 Å². The van der Waals surface area contributed by atoms with E-state index in [0.29, 0.717) is 16.7 Å². The van der Waals surface area contributed by atoms with Gasteiger partial charge in [-0.3, -0.25) is 4.68 Å². The van der Waals surface area contributed by atoms with Gasteiger partial charge in [0.15, 0.2) is 0 Å². The van der Waals surface area contributed by atoms with E-state index in [4.69, 9.17) is 5.73 Å². The van der Waals surface area contributed by atoms with Crippen molar-refractivity contribution in [2.24, 2.45) is 22.5 Å². The van der Waals surface area contributed by atoms with E-state index in [2.05, 4.69) is 50.5 Å². The first-order chi connectivity index (χ1) is 7.84. The molecule has 3 nitrogen and oxygen atoms in total. The zero-order valence-corrected chi connectivity index (χ0v) is 11.7. The predicted octanol–water partition coefficient (Wildman–Crippen LogP) is 2.98. The van der Waals surface area contributed by atoms with Crippen LogP contribution in [0.15, 0.2) is 12.3 Å². The summed E-state index contributed by atoms with van der Waals surface area (Å²) in [5.74, 6) is 0.544. The van der Waals surface area contributed by atoms with E-state index in [1.165, 1.54) is 5.69 Å². The highest BCUT2D eigenvalue weighted by molar-refractivity contribution is 5.22. The molecule has 1 saturated carbocycles. The third-order valence-corrected chi connectivity index (χ3v) is 5.02. The van der Waals surface area contributed by atoms with Crippen LogP contribution in [0.3, 0.4) is 0 Å². The van der Waals surface area contributed by atoms with Crippen molar-refractivity contribution >= 4 is 0 Å². The van der Waals surface area contributed by atoms with E-state index in [0.717, 1.165) is 13.0 Å². The zero-order valence-electron chi connectivity index (χ0n) is 11.7. The number of aryl methyl sites for hydroxylation is 1. The van der Waals surface area contributed by atoms with Crippen molar-refractivity contribution in [2.75, 3.05) is 0 Å². The number of nitrogens with two attached hydrogens (primary N) is 1. The Morgan fingerprint density at radius 1 is 1.35 bits per heavy atom. The second-order valence-electron chi connectivity index (χ2n) is 6.43. The Balaban J connectivity index is 2.22. The van der Waals surface area contributed by atoms with Crippen LogP contribution < -0.4 is 5.73 Å². The lowest BCUT2D eigenvalue weighted by Gasteiger charge is -2.16. The van der Waals surface area contributed by atoms with Gasteiger partial charge in [0.05, 0.1) is 11.7 Å². The summed E-state index contributed by atoms with van der Waals surface area (Å²) in [5, 5.41) is 4.37. The van der Waals surface area contributed by atoms with Crippen molar-refractivity contribution in [2.45, 2.75) is 53.6 Å². The molecule has 0 aliphatic heterocycles. The molecule has 1 atom stereocenters. The minimum Gasteiger partial charge on any atom is -0.322 e. The Labute approximate surface area is 104 Å². The molecule has 2 N–H and O–H groups in total. The van der Waals surface area contributed by atoms with Crippen molar-refractivity contribution < 1.29 is 0 Å². The van der Waals surface area contributed by atoms with Gasteiger partial charge in [0.25, 0.3) is 0 Å². The van der Waals surface area contributed by atoms with Crippen LogP contribution in [0.1, 0.15) is 52.8 Å². The first-order valence-electron chi connectivity index (χ1n) is 6.61. The molecule has 0 spiro atoms. The highest BCUT2D eigenvalue weighted by Crippen LogP contribution is 2.71. The molecule has 1 aromatic rings. The summed E-state index contributed by atoms with van der Waals surface area (Å²) in [5.41, 5.74) is 8.31. The SMILES string of the molecule is CCCn1nccc1C(N)C1C(C)(C)C1(C)C. The highest BCUT2D eigenvalue weighted by Gasteiger charge is 2.67. The quantitative estimate of drug-likeness (QED) is 0.872. The van der Waals surface area contributed by atoms with Crippen molar-refractivity contribution in [1.82, 2.24) is 9.78 Å². The molecule has 1 fully saturated rings. The molecular weight excluding hydrogens is 210 g/mol. The summed E-state index contributed by atoms with van der Waals surface area (Å²) in [6.45, 7) is 12.4. The summed E-state index contributed by atoms with van der Waals surface area (Å²) >= 11 is 0. The van der Waals surface area contributed by atoms with Gasteiger partial charge in [-0.1, -0.05) is 34.6 Å². The summed E-state index contributed by atoms with van der Waals surface area (Å²) in [4.78, 5) is 0. The fraction of sp³-hybridized carbons (Fsp3) is 0.786. The first-order valence-corrected chi connectivity index (χ1v) is 6.61. The van der Waals surface area contributed by atoms with Gasteiger partial charge >= 0.3 is 0 Å². The fourth-order valence-corrected chi connectivity index (χ4v) is 3.34. The number of hydrogen-bond acceptors (Lipinski definition) is 2. The number of hydrogen-bond donors (Lipinski definition) is 1. The second-order valence-corrected chi connectivity index (χ2v) is 6.43. The van der Waals surface area contributed by atoms with E-state index in [9.17, 15) is 0 Å². The molecule has 1 heterocycles.